The summed E-state index contributed by atoms with van der Waals surface area (Å²) < 4.78 is 0. The molecule has 0 unspecified atom stereocenters. The van der Waals surface area contributed by atoms with Crippen LogP contribution in [0.4, 0.5) is 0 Å². The molecule has 2 rings (SSSR count). The standard InChI is InChI=1S/C12H14N2O2/c1-9(10-5-3-2-4-6-10)14-8-11(13-16)7-12(14)15/h2-6,9,16H,7-8H2,1H3/b13-11-/t9-/m0/s1. The summed E-state index contributed by atoms with van der Waals surface area (Å²) in [7, 11) is 0. The number of hydrogen-bond acceptors (Lipinski definition) is 3. The van der Waals surface area contributed by atoms with Crippen molar-refractivity contribution < 1.29 is 10.0 Å². The van der Waals surface area contributed by atoms with Crippen LogP contribution in [0.5, 0.6) is 0 Å². The topological polar surface area (TPSA) is 52.9 Å². The Balaban J connectivity index is 2.17. The van der Waals surface area contributed by atoms with E-state index in [-0.39, 0.29) is 18.4 Å². The van der Waals surface area contributed by atoms with E-state index >= 15 is 0 Å². The van der Waals surface area contributed by atoms with E-state index in [1.807, 2.05) is 37.3 Å². The van der Waals surface area contributed by atoms with Gasteiger partial charge in [0.05, 0.1) is 24.7 Å². The second kappa shape index (κ2) is 4.35. The molecule has 4 heteroatoms. The zero-order chi connectivity index (χ0) is 11.5. The van der Waals surface area contributed by atoms with E-state index in [4.69, 9.17) is 5.21 Å². The van der Waals surface area contributed by atoms with Gasteiger partial charge in [-0.15, -0.1) is 0 Å². The summed E-state index contributed by atoms with van der Waals surface area (Å²) in [5.74, 6) is 0.0177. The lowest BCUT2D eigenvalue weighted by Gasteiger charge is -2.23. The zero-order valence-corrected chi connectivity index (χ0v) is 9.13. The Morgan fingerprint density at radius 1 is 1.38 bits per heavy atom. The molecule has 1 heterocycles. The van der Waals surface area contributed by atoms with Gasteiger partial charge in [0.25, 0.3) is 0 Å². The maximum atomic E-state index is 11.7. The van der Waals surface area contributed by atoms with Gasteiger partial charge in [-0.25, -0.2) is 0 Å². The first-order valence-electron chi connectivity index (χ1n) is 5.26. The van der Waals surface area contributed by atoms with Gasteiger partial charge in [-0.1, -0.05) is 35.5 Å². The molecule has 1 atom stereocenters. The molecule has 1 aromatic carbocycles. The fraction of sp³-hybridized carbons (Fsp3) is 0.333. The lowest BCUT2D eigenvalue weighted by molar-refractivity contribution is -0.129. The van der Waals surface area contributed by atoms with Gasteiger partial charge in [-0.2, -0.15) is 0 Å². The number of carbonyl (C=O) groups is 1. The Hall–Kier alpha value is -1.84. The molecule has 1 fully saturated rings. The third-order valence-corrected chi connectivity index (χ3v) is 2.92. The summed E-state index contributed by atoms with van der Waals surface area (Å²) >= 11 is 0. The maximum Gasteiger partial charge on any atom is 0.229 e. The van der Waals surface area contributed by atoms with Crippen LogP contribution in [0.25, 0.3) is 0 Å². The number of amides is 1. The minimum Gasteiger partial charge on any atom is -0.411 e. The fourth-order valence-corrected chi connectivity index (χ4v) is 1.95. The van der Waals surface area contributed by atoms with Crippen molar-refractivity contribution in [3.8, 4) is 0 Å². The van der Waals surface area contributed by atoms with Crippen LogP contribution < -0.4 is 0 Å². The second-order valence-electron chi connectivity index (χ2n) is 3.95. The average molecular weight is 218 g/mol. The summed E-state index contributed by atoms with van der Waals surface area (Å²) in [6, 6.07) is 9.86. The molecule has 1 aliphatic heterocycles. The average Bonchev–Trinajstić information content (AvgIpc) is 2.71. The van der Waals surface area contributed by atoms with Crippen LogP contribution in [0.3, 0.4) is 0 Å². The predicted molar refractivity (Wildman–Crippen MR) is 60.4 cm³/mol. The minimum atomic E-state index is 0.0177. The molecular weight excluding hydrogens is 204 g/mol. The van der Waals surface area contributed by atoms with Crippen LogP contribution in [0.2, 0.25) is 0 Å². The van der Waals surface area contributed by atoms with Gasteiger partial charge in [0.2, 0.25) is 5.91 Å². The van der Waals surface area contributed by atoms with Crippen molar-refractivity contribution in [2.24, 2.45) is 5.16 Å². The van der Waals surface area contributed by atoms with Crippen LogP contribution in [0, 0.1) is 0 Å². The van der Waals surface area contributed by atoms with E-state index in [2.05, 4.69) is 5.16 Å². The van der Waals surface area contributed by atoms with Crippen LogP contribution in [0.1, 0.15) is 24.9 Å². The van der Waals surface area contributed by atoms with Gasteiger partial charge in [-0.3, -0.25) is 4.79 Å². The molecule has 0 spiro atoms. The molecule has 0 aromatic heterocycles. The highest BCUT2D eigenvalue weighted by atomic mass is 16.4. The van der Waals surface area contributed by atoms with E-state index < -0.39 is 0 Å². The van der Waals surface area contributed by atoms with E-state index in [0.717, 1.165) is 5.56 Å². The molecule has 0 radical (unpaired) electrons. The van der Waals surface area contributed by atoms with Gasteiger partial charge in [-0.05, 0) is 12.5 Å². The molecule has 84 valence electrons. The number of carbonyl (C=O) groups excluding carboxylic acids is 1. The first-order valence-corrected chi connectivity index (χ1v) is 5.26. The van der Waals surface area contributed by atoms with Crippen molar-refractivity contribution in [1.29, 1.82) is 0 Å². The van der Waals surface area contributed by atoms with Crippen LogP contribution in [-0.2, 0) is 4.79 Å². The molecule has 0 aliphatic carbocycles. The predicted octanol–water partition coefficient (Wildman–Crippen LogP) is 1.81. The van der Waals surface area contributed by atoms with Crippen molar-refractivity contribution in [3.05, 3.63) is 35.9 Å². The number of likely N-dealkylation sites (tertiary alicyclic amines) is 1. The Morgan fingerprint density at radius 3 is 2.62 bits per heavy atom. The van der Waals surface area contributed by atoms with Gasteiger partial charge < -0.3 is 10.1 Å². The van der Waals surface area contributed by atoms with Gasteiger partial charge in [0, 0.05) is 0 Å². The lowest BCUT2D eigenvalue weighted by atomic mass is 10.1. The van der Waals surface area contributed by atoms with Gasteiger partial charge in [0.15, 0.2) is 0 Å². The first kappa shape index (κ1) is 10.7. The maximum absolute atomic E-state index is 11.7. The van der Waals surface area contributed by atoms with Crippen LogP contribution in [-0.4, -0.2) is 28.3 Å². The van der Waals surface area contributed by atoms with E-state index in [1.165, 1.54) is 0 Å². The highest BCUT2D eigenvalue weighted by Crippen LogP contribution is 2.24. The quantitative estimate of drug-likeness (QED) is 0.608. The number of hydrogen-bond donors (Lipinski definition) is 1. The zero-order valence-electron chi connectivity index (χ0n) is 9.13. The van der Waals surface area contributed by atoms with Crippen LogP contribution >= 0.6 is 0 Å². The van der Waals surface area contributed by atoms with Crippen molar-refractivity contribution in [3.63, 3.8) is 0 Å². The second-order valence-corrected chi connectivity index (χ2v) is 3.95. The van der Waals surface area contributed by atoms with E-state index in [9.17, 15) is 4.79 Å². The van der Waals surface area contributed by atoms with Crippen molar-refractivity contribution in [1.82, 2.24) is 4.90 Å². The summed E-state index contributed by atoms with van der Waals surface area (Å²) in [6.45, 7) is 2.40. The summed E-state index contributed by atoms with van der Waals surface area (Å²) in [4.78, 5) is 13.4. The van der Waals surface area contributed by atoms with Gasteiger partial charge in [0.1, 0.15) is 0 Å². The number of rotatable bonds is 2. The summed E-state index contributed by atoms with van der Waals surface area (Å²) in [5.41, 5.74) is 1.63. The largest absolute Gasteiger partial charge is 0.411 e. The lowest BCUT2D eigenvalue weighted by Crippen LogP contribution is -2.28. The third-order valence-electron chi connectivity index (χ3n) is 2.92. The van der Waals surface area contributed by atoms with Gasteiger partial charge >= 0.3 is 0 Å². The number of benzene rings is 1. The monoisotopic (exact) mass is 218 g/mol. The molecule has 0 saturated carbocycles. The molecule has 1 amide bonds. The molecule has 1 aliphatic rings. The molecule has 4 nitrogen and oxygen atoms in total. The Morgan fingerprint density at radius 2 is 2.06 bits per heavy atom. The Labute approximate surface area is 94.2 Å². The molecule has 1 aromatic rings. The molecule has 1 N–H and O–H groups in total. The van der Waals surface area contributed by atoms with E-state index in [0.29, 0.717) is 12.3 Å². The minimum absolute atomic E-state index is 0.0177. The SMILES string of the molecule is C[C@@H](c1ccccc1)N1C/C(=N\O)CC1=O. The van der Waals surface area contributed by atoms with Crippen LogP contribution in [0.15, 0.2) is 35.5 Å². The van der Waals surface area contributed by atoms with Crippen molar-refractivity contribution in [2.75, 3.05) is 6.54 Å². The summed E-state index contributed by atoms with van der Waals surface area (Å²) in [6.07, 6.45) is 0.230. The molecule has 16 heavy (non-hydrogen) atoms. The Kier molecular flexibility index (Phi) is 2.90. The van der Waals surface area contributed by atoms with Crippen molar-refractivity contribution in [2.45, 2.75) is 19.4 Å². The van der Waals surface area contributed by atoms with Crippen molar-refractivity contribution >= 4 is 11.6 Å². The normalized spacial score (nSPS) is 20.4. The summed E-state index contributed by atoms with van der Waals surface area (Å²) in [5, 5.41) is 11.8. The molecule has 0 bridgehead atoms. The smallest absolute Gasteiger partial charge is 0.229 e. The first-order chi connectivity index (χ1) is 7.72. The highest BCUT2D eigenvalue weighted by molar-refractivity contribution is 6.08. The highest BCUT2D eigenvalue weighted by Gasteiger charge is 2.30. The molecule has 1 saturated heterocycles. The fourth-order valence-electron chi connectivity index (χ4n) is 1.95. The third kappa shape index (κ3) is 1.91. The Bertz CT molecular complexity index is 414. The molecular formula is C12H14N2O2. The number of oxime groups is 1. The number of nitrogens with zero attached hydrogens (tertiary/aromatic N) is 2. The van der Waals surface area contributed by atoms with E-state index in [1.54, 1.807) is 4.90 Å².